The number of aromatic nitrogens is 3. The zero-order valence-electron chi connectivity index (χ0n) is 10.6. The molecule has 0 aliphatic heterocycles. The summed E-state index contributed by atoms with van der Waals surface area (Å²) in [6, 6.07) is 0. The molecule has 8 heteroatoms. The van der Waals surface area contributed by atoms with Crippen molar-refractivity contribution in [1.29, 1.82) is 0 Å². The minimum absolute atomic E-state index is 0.0816. The fourth-order valence-corrected chi connectivity index (χ4v) is 1.59. The van der Waals surface area contributed by atoms with Crippen LogP contribution in [0.2, 0.25) is 0 Å². The Morgan fingerprint density at radius 3 is 2.74 bits per heavy atom. The molecule has 0 bridgehead atoms. The molecular formula is C11H18N6O2. The van der Waals surface area contributed by atoms with Crippen molar-refractivity contribution in [2.45, 2.75) is 25.9 Å². The second-order valence-electron chi connectivity index (χ2n) is 4.53. The number of nitrogens with one attached hydrogen (secondary N) is 2. The normalized spacial score (nSPS) is 14.2. The van der Waals surface area contributed by atoms with Crippen LogP contribution in [0, 0.1) is 5.92 Å². The summed E-state index contributed by atoms with van der Waals surface area (Å²) >= 11 is 0. The second-order valence-corrected chi connectivity index (χ2v) is 4.53. The Bertz CT molecular complexity index is 454. The Kier molecular flexibility index (Phi) is 4.45. The Balaban J connectivity index is 1.60. The minimum Gasteiger partial charge on any atom is -0.354 e. The number of hydrogen-bond acceptors (Lipinski definition) is 5. The van der Waals surface area contributed by atoms with E-state index in [0.29, 0.717) is 25.3 Å². The molecule has 2 rings (SSSR count). The van der Waals surface area contributed by atoms with Crippen LogP contribution in [-0.2, 0) is 22.7 Å². The molecule has 1 saturated carbocycles. The average Bonchev–Trinajstić information content (AvgIpc) is 3.15. The quantitative estimate of drug-likeness (QED) is 0.513. The van der Waals surface area contributed by atoms with Gasteiger partial charge >= 0.3 is 0 Å². The molecule has 0 spiro atoms. The summed E-state index contributed by atoms with van der Waals surface area (Å²) in [5.74, 6) is 0.104. The molecule has 0 atom stereocenters. The molecule has 1 aromatic rings. The number of hydrogen-bond donors (Lipinski definition) is 3. The topological polar surface area (TPSA) is 115 Å². The molecule has 1 heterocycles. The van der Waals surface area contributed by atoms with Gasteiger partial charge in [0.05, 0.1) is 11.9 Å². The van der Waals surface area contributed by atoms with Gasteiger partial charge in [0.2, 0.25) is 11.8 Å². The summed E-state index contributed by atoms with van der Waals surface area (Å²) in [5, 5.41) is 13.0. The highest BCUT2D eigenvalue weighted by molar-refractivity contribution is 5.81. The molecule has 0 aromatic carbocycles. The number of nitrogens with zero attached hydrogens (tertiary/aromatic N) is 3. The van der Waals surface area contributed by atoms with E-state index in [1.54, 1.807) is 6.20 Å². The van der Waals surface area contributed by atoms with Crippen molar-refractivity contribution in [3.05, 3.63) is 11.9 Å². The maximum absolute atomic E-state index is 11.6. The molecule has 0 radical (unpaired) electrons. The molecule has 8 nitrogen and oxygen atoms in total. The maximum atomic E-state index is 11.6. The Morgan fingerprint density at radius 2 is 2.11 bits per heavy atom. The van der Waals surface area contributed by atoms with Gasteiger partial charge in [-0.3, -0.25) is 9.59 Å². The molecule has 19 heavy (non-hydrogen) atoms. The zero-order chi connectivity index (χ0) is 13.7. The summed E-state index contributed by atoms with van der Waals surface area (Å²) < 4.78 is 1.43. The number of nitrogens with two attached hydrogens (primary N) is 1. The van der Waals surface area contributed by atoms with Crippen molar-refractivity contribution in [1.82, 2.24) is 25.6 Å². The fraction of sp³-hybridized carbons (Fsp3) is 0.636. The first-order chi connectivity index (χ1) is 9.19. The largest absolute Gasteiger partial charge is 0.354 e. The summed E-state index contributed by atoms with van der Waals surface area (Å²) in [7, 11) is 0. The monoisotopic (exact) mass is 266 g/mol. The lowest BCUT2D eigenvalue weighted by Gasteiger charge is -2.06. The Morgan fingerprint density at radius 1 is 1.37 bits per heavy atom. The van der Waals surface area contributed by atoms with E-state index in [1.165, 1.54) is 4.68 Å². The van der Waals surface area contributed by atoms with Crippen molar-refractivity contribution in [3.8, 4) is 0 Å². The van der Waals surface area contributed by atoms with Gasteiger partial charge in [0.1, 0.15) is 6.54 Å². The van der Waals surface area contributed by atoms with Crippen LogP contribution >= 0.6 is 0 Å². The molecule has 2 amide bonds. The predicted octanol–water partition coefficient (Wildman–Crippen LogP) is -1.62. The van der Waals surface area contributed by atoms with E-state index in [9.17, 15) is 9.59 Å². The van der Waals surface area contributed by atoms with Crippen molar-refractivity contribution in [2.24, 2.45) is 11.7 Å². The molecule has 0 saturated heterocycles. The van der Waals surface area contributed by atoms with E-state index >= 15 is 0 Å². The van der Waals surface area contributed by atoms with Crippen LogP contribution in [-0.4, -0.2) is 39.9 Å². The van der Waals surface area contributed by atoms with E-state index in [2.05, 4.69) is 20.9 Å². The van der Waals surface area contributed by atoms with Crippen LogP contribution in [0.25, 0.3) is 0 Å². The third kappa shape index (κ3) is 4.32. The first-order valence-corrected chi connectivity index (χ1v) is 6.32. The van der Waals surface area contributed by atoms with E-state index in [4.69, 9.17) is 5.73 Å². The Labute approximate surface area is 110 Å². The van der Waals surface area contributed by atoms with Crippen LogP contribution in [0.15, 0.2) is 6.20 Å². The average molecular weight is 266 g/mol. The van der Waals surface area contributed by atoms with E-state index < -0.39 is 0 Å². The summed E-state index contributed by atoms with van der Waals surface area (Å²) in [6.45, 7) is 1.26. The smallest absolute Gasteiger partial charge is 0.241 e. The van der Waals surface area contributed by atoms with Crippen molar-refractivity contribution < 1.29 is 9.59 Å². The molecule has 104 valence electrons. The second kappa shape index (κ2) is 6.28. The molecular weight excluding hydrogens is 248 g/mol. The third-order valence-electron chi connectivity index (χ3n) is 2.80. The molecule has 1 aliphatic rings. The molecule has 1 aromatic heterocycles. The molecule has 0 unspecified atom stereocenters. The lowest BCUT2D eigenvalue weighted by molar-refractivity contribution is -0.123. The SMILES string of the molecule is NCc1cn(CC(=O)NCCNC(=O)C2CC2)nn1. The van der Waals surface area contributed by atoms with Gasteiger partial charge in [-0.15, -0.1) is 5.10 Å². The number of amides is 2. The van der Waals surface area contributed by atoms with Gasteiger partial charge in [-0.1, -0.05) is 5.21 Å². The third-order valence-corrected chi connectivity index (χ3v) is 2.80. The van der Waals surface area contributed by atoms with E-state index in [-0.39, 0.29) is 24.3 Å². The van der Waals surface area contributed by atoms with Gasteiger partial charge in [0.15, 0.2) is 0 Å². The van der Waals surface area contributed by atoms with Gasteiger partial charge in [-0.25, -0.2) is 4.68 Å². The van der Waals surface area contributed by atoms with Crippen LogP contribution in [0.4, 0.5) is 0 Å². The van der Waals surface area contributed by atoms with Crippen molar-refractivity contribution in [2.75, 3.05) is 13.1 Å². The predicted molar refractivity (Wildman–Crippen MR) is 66.7 cm³/mol. The summed E-state index contributed by atoms with van der Waals surface area (Å²) in [5.41, 5.74) is 6.04. The van der Waals surface area contributed by atoms with Crippen molar-refractivity contribution in [3.63, 3.8) is 0 Å². The molecule has 1 fully saturated rings. The van der Waals surface area contributed by atoms with Crippen LogP contribution < -0.4 is 16.4 Å². The van der Waals surface area contributed by atoms with E-state index in [1.807, 2.05) is 0 Å². The first-order valence-electron chi connectivity index (χ1n) is 6.32. The minimum atomic E-state index is -0.172. The van der Waals surface area contributed by atoms with Gasteiger partial charge in [0.25, 0.3) is 0 Å². The maximum Gasteiger partial charge on any atom is 0.241 e. The van der Waals surface area contributed by atoms with Crippen LogP contribution in [0.3, 0.4) is 0 Å². The molecule has 1 aliphatic carbocycles. The highest BCUT2D eigenvalue weighted by Crippen LogP contribution is 2.28. The molecule has 4 N–H and O–H groups in total. The summed E-state index contributed by atoms with van der Waals surface area (Å²) in [4.78, 5) is 22.9. The van der Waals surface area contributed by atoms with E-state index in [0.717, 1.165) is 12.8 Å². The van der Waals surface area contributed by atoms with Crippen LogP contribution in [0.5, 0.6) is 0 Å². The van der Waals surface area contributed by atoms with Crippen molar-refractivity contribution >= 4 is 11.8 Å². The highest BCUT2D eigenvalue weighted by Gasteiger charge is 2.28. The lowest BCUT2D eigenvalue weighted by atomic mass is 10.4. The standard InChI is InChI=1S/C11H18N6O2/c12-5-9-6-17(16-15-9)7-10(18)13-3-4-14-11(19)8-1-2-8/h6,8H,1-5,7,12H2,(H,13,18)(H,14,19). The number of carbonyl (C=O) groups is 2. The summed E-state index contributed by atoms with van der Waals surface area (Å²) in [6.07, 6.45) is 3.59. The van der Waals surface area contributed by atoms with Crippen LogP contribution in [0.1, 0.15) is 18.5 Å². The van der Waals surface area contributed by atoms with Gasteiger partial charge < -0.3 is 16.4 Å². The number of carbonyl (C=O) groups excluding carboxylic acids is 2. The highest BCUT2D eigenvalue weighted by atomic mass is 16.2. The Hall–Kier alpha value is -1.96. The fourth-order valence-electron chi connectivity index (χ4n) is 1.59. The first kappa shape index (κ1) is 13.5. The lowest BCUT2D eigenvalue weighted by Crippen LogP contribution is -2.36. The van der Waals surface area contributed by atoms with Gasteiger partial charge in [0, 0.05) is 25.6 Å². The van der Waals surface area contributed by atoms with Gasteiger partial charge in [-0.2, -0.15) is 0 Å². The van der Waals surface area contributed by atoms with Gasteiger partial charge in [-0.05, 0) is 12.8 Å². The zero-order valence-corrected chi connectivity index (χ0v) is 10.6. The number of rotatable bonds is 7.